The van der Waals surface area contributed by atoms with Gasteiger partial charge in [0.25, 0.3) is 0 Å². The topological polar surface area (TPSA) is 152 Å². The summed E-state index contributed by atoms with van der Waals surface area (Å²) in [6.45, 7) is 11.7. The van der Waals surface area contributed by atoms with Crippen molar-refractivity contribution in [3.05, 3.63) is 155 Å². The molecule has 0 unspecified atom stereocenters. The van der Waals surface area contributed by atoms with Crippen LogP contribution in [0.2, 0.25) is 0 Å². The smallest absolute Gasteiger partial charge is 0.335 e. The number of quaternary nitrogens is 1. The van der Waals surface area contributed by atoms with Crippen molar-refractivity contribution in [2.75, 3.05) is 19.6 Å². The Bertz CT molecular complexity index is 1660. The van der Waals surface area contributed by atoms with Crippen LogP contribution in [0.25, 0.3) is 0 Å². The van der Waals surface area contributed by atoms with Gasteiger partial charge in [0.05, 0.1) is 42.3 Å². The van der Waals surface area contributed by atoms with Crippen LogP contribution in [0.15, 0.2) is 147 Å². The van der Waals surface area contributed by atoms with Gasteiger partial charge in [-0.05, 0) is 111 Å². The van der Waals surface area contributed by atoms with Crippen molar-refractivity contribution in [2.45, 2.75) is 46.9 Å². The van der Waals surface area contributed by atoms with E-state index in [2.05, 4.69) is 51.1 Å². The molecule has 0 amide bonds. The summed E-state index contributed by atoms with van der Waals surface area (Å²) in [4.78, 5) is 46.3. The first-order valence-electron chi connectivity index (χ1n) is 16.4. The van der Waals surface area contributed by atoms with Gasteiger partial charge in [-0.3, -0.25) is 0 Å². The Morgan fingerprint density at radius 1 is 0.481 bits per heavy atom. The van der Waals surface area contributed by atoms with Gasteiger partial charge in [-0.1, -0.05) is 66.0 Å². The lowest BCUT2D eigenvalue weighted by Crippen LogP contribution is -2.46. The van der Waals surface area contributed by atoms with Crippen molar-refractivity contribution in [1.82, 2.24) is 0 Å². The van der Waals surface area contributed by atoms with E-state index in [1.165, 1.54) is 108 Å². The number of hydrogen-bond donors (Lipinski definition) is 3. The summed E-state index contributed by atoms with van der Waals surface area (Å²) >= 11 is 2.86. The molecule has 11 heteroatoms. The molecular formula is C41H41NO8S2. The van der Waals surface area contributed by atoms with E-state index in [9.17, 15) is 24.3 Å². The van der Waals surface area contributed by atoms with Crippen molar-refractivity contribution in [1.29, 1.82) is 0 Å². The highest BCUT2D eigenvalue weighted by Crippen LogP contribution is 2.29. The average Bonchev–Trinajstić information content (AvgIpc) is 3.16. The van der Waals surface area contributed by atoms with E-state index in [1.807, 2.05) is 0 Å². The van der Waals surface area contributed by atoms with E-state index in [0.717, 1.165) is 19.6 Å². The summed E-state index contributed by atoms with van der Waals surface area (Å²) in [5.41, 5.74) is 2.30. The molecule has 0 aliphatic carbocycles. The second kappa shape index (κ2) is 20.5. The Morgan fingerprint density at radius 3 is 1.02 bits per heavy atom. The van der Waals surface area contributed by atoms with Gasteiger partial charge in [0.1, 0.15) is 6.54 Å². The van der Waals surface area contributed by atoms with Crippen molar-refractivity contribution < 1.29 is 44.1 Å². The fraction of sp³-hybridized carbons (Fsp3) is 0.171. The normalized spacial score (nSPS) is 10.5. The molecule has 5 aromatic rings. The maximum atomic E-state index is 10.7. The fourth-order valence-electron chi connectivity index (χ4n) is 4.90. The van der Waals surface area contributed by atoms with E-state index in [-0.39, 0.29) is 22.3 Å². The molecule has 3 N–H and O–H groups in total. The standard InChI is InChI=1S/2C14H10O4S.C13H22N/c2*15-13(16)9-1-5-11(6-2-9)19-12-7-3-10(4-8-12)14(17)18;1-4-14(5-2,6-3)12-13-10-8-7-9-11-13/h2*1-8H,(H,15,16)(H,17,18);7-11H,4-6,12H2,1-3H3/q;;+1/p-1. The number of rotatable bonds is 13. The molecular weight excluding hydrogens is 699 g/mol. The first-order valence-corrected chi connectivity index (χ1v) is 18.1. The van der Waals surface area contributed by atoms with E-state index in [0.29, 0.717) is 0 Å². The molecule has 5 aromatic carbocycles. The van der Waals surface area contributed by atoms with Crippen LogP contribution in [-0.2, 0) is 6.54 Å². The highest BCUT2D eigenvalue weighted by Gasteiger charge is 2.20. The molecule has 0 atom stereocenters. The van der Waals surface area contributed by atoms with Gasteiger partial charge < -0.3 is 29.7 Å². The number of nitrogens with zero attached hydrogens (tertiary/aromatic N) is 1. The number of carboxylic acids is 4. The van der Waals surface area contributed by atoms with Gasteiger partial charge in [-0.2, -0.15) is 0 Å². The van der Waals surface area contributed by atoms with Crippen LogP contribution < -0.4 is 5.11 Å². The second-order valence-corrected chi connectivity index (χ2v) is 13.7. The van der Waals surface area contributed by atoms with Crippen LogP contribution in [0.4, 0.5) is 0 Å². The molecule has 0 saturated carbocycles. The lowest BCUT2D eigenvalue weighted by molar-refractivity contribution is -0.936. The maximum absolute atomic E-state index is 10.7. The van der Waals surface area contributed by atoms with Crippen LogP contribution in [0.5, 0.6) is 0 Å². The van der Waals surface area contributed by atoms with Crippen molar-refractivity contribution in [2.24, 2.45) is 0 Å². The van der Waals surface area contributed by atoms with Gasteiger partial charge in [0, 0.05) is 25.1 Å². The highest BCUT2D eigenvalue weighted by atomic mass is 32.2. The largest absolute Gasteiger partial charge is 0.545 e. The predicted octanol–water partition coefficient (Wildman–Crippen LogP) is 8.20. The summed E-state index contributed by atoms with van der Waals surface area (Å²) in [6.07, 6.45) is 0. The summed E-state index contributed by atoms with van der Waals surface area (Å²) in [6, 6.07) is 36.6. The molecule has 0 fully saturated rings. The Hall–Kier alpha value is -5.36. The summed E-state index contributed by atoms with van der Waals surface area (Å²) < 4.78 is 1.20. The minimum absolute atomic E-state index is 0.130. The fourth-order valence-corrected chi connectivity index (χ4v) is 6.54. The molecule has 0 aliphatic rings. The highest BCUT2D eigenvalue weighted by molar-refractivity contribution is 7.99. The molecule has 270 valence electrons. The van der Waals surface area contributed by atoms with Crippen molar-refractivity contribution in [3.63, 3.8) is 0 Å². The monoisotopic (exact) mass is 739 g/mol. The predicted molar refractivity (Wildman–Crippen MR) is 201 cm³/mol. The van der Waals surface area contributed by atoms with E-state index < -0.39 is 23.9 Å². The van der Waals surface area contributed by atoms with E-state index >= 15 is 0 Å². The minimum atomic E-state index is -1.21. The first-order chi connectivity index (χ1) is 24.9. The quantitative estimate of drug-likeness (QED) is 0.101. The van der Waals surface area contributed by atoms with Crippen molar-refractivity contribution in [3.8, 4) is 0 Å². The third kappa shape index (κ3) is 13.1. The summed E-state index contributed by atoms with van der Waals surface area (Å²) in [7, 11) is 0. The van der Waals surface area contributed by atoms with Crippen LogP contribution in [-0.4, -0.2) is 63.3 Å². The molecule has 9 nitrogen and oxygen atoms in total. The summed E-state index contributed by atoms with van der Waals surface area (Å²) in [5.74, 6) is -4.08. The minimum Gasteiger partial charge on any atom is -0.545 e. The molecule has 52 heavy (non-hydrogen) atoms. The molecule has 0 spiro atoms. The lowest BCUT2D eigenvalue weighted by Gasteiger charge is -2.35. The van der Waals surface area contributed by atoms with Gasteiger partial charge in [0.15, 0.2) is 0 Å². The number of carbonyl (C=O) groups is 4. The second-order valence-electron chi connectivity index (χ2n) is 11.4. The molecule has 0 saturated heterocycles. The molecule has 5 rings (SSSR count). The van der Waals surface area contributed by atoms with Gasteiger partial charge >= 0.3 is 17.9 Å². The van der Waals surface area contributed by atoms with E-state index in [4.69, 9.17) is 15.3 Å². The number of carbonyl (C=O) groups excluding carboxylic acids is 1. The number of carboxylic acid groups (broad SMARTS) is 4. The molecule has 0 heterocycles. The zero-order valence-electron chi connectivity index (χ0n) is 29.1. The number of hydrogen-bond acceptors (Lipinski definition) is 7. The molecule has 0 radical (unpaired) electrons. The molecule has 0 aromatic heterocycles. The van der Waals surface area contributed by atoms with E-state index in [1.54, 1.807) is 48.5 Å². The number of benzene rings is 5. The maximum Gasteiger partial charge on any atom is 0.335 e. The Morgan fingerprint density at radius 2 is 0.769 bits per heavy atom. The molecule has 0 bridgehead atoms. The lowest BCUT2D eigenvalue weighted by atomic mass is 10.2. The van der Waals surface area contributed by atoms with Gasteiger partial charge in [-0.25, -0.2) is 14.4 Å². The first kappa shape index (κ1) is 41.1. The Balaban J connectivity index is 0.000000213. The Labute approximate surface area is 312 Å². The van der Waals surface area contributed by atoms with Crippen molar-refractivity contribution >= 4 is 47.4 Å². The van der Waals surface area contributed by atoms with Gasteiger partial charge in [-0.15, -0.1) is 0 Å². The van der Waals surface area contributed by atoms with Crippen LogP contribution in [0, 0.1) is 0 Å². The van der Waals surface area contributed by atoms with Crippen LogP contribution >= 0.6 is 23.5 Å². The summed E-state index contributed by atoms with van der Waals surface area (Å²) in [5, 5.41) is 36.9. The van der Waals surface area contributed by atoms with Gasteiger partial charge in [0.2, 0.25) is 0 Å². The number of aromatic carboxylic acids is 4. The zero-order valence-corrected chi connectivity index (χ0v) is 30.7. The van der Waals surface area contributed by atoms with Crippen LogP contribution in [0.3, 0.4) is 0 Å². The Kier molecular flexibility index (Phi) is 16.2. The van der Waals surface area contributed by atoms with Crippen LogP contribution in [0.1, 0.15) is 67.8 Å². The average molecular weight is 740 g/mol. The SMILES string of the molecule is CC[N+](CC)(CC)Cc1ccccc1.O=C(O)c1ccc(Sc2ccc(C(=O)O)cc2)cc1.O=C([O-])c1ccc(Sc2ccc(C(=O)O)cc2)cc1. The molecule has 0 aliphatic heterocycles. The third-order valence-electron chi connectivity index (χ3n) is 8.24. The zero-order chi connectivity index (χ0) is 38.1. The third-order valence-corrected chi connectivity index (χ3v) is 10.3.